The fraction of sp³-hybridized carbons (Fsp3) is 0.393. The molecule has 30 heavy (non-hydrogen) atoms. The van der Waals surface area contributed by atoms with Crippen LogP contribution in [0.1, 0.15) is 53.0 Å². The second-order valence-corrected chi connectivity index (χ2v) is 10.1. The molecule has 1 saturated carbocycles. The average molecular weight is 393 g/mol. The van der Waals surface area contributed by atoms with E-state index in [4.69, 9.17) is 7.85 Å². The molecular weight excluding hydrogens is 361 g/mol. The predicted molar refractivity (Wildman–Crippen MR) is 129 cm³/mol. The molecule has 0 amide bonds. The molecule has 1 heterocycles. The van der Waals surface area contributed by atoms with Crippen molar-refractivity contribution in [2.24, 2.45) is 16.7 Å². The number of rotatable bonds is 4. The van der Waals surface area contributed by atoms with Gasteiger partial charge in [-0.05, 0) is 46.5 Å². The van der Waals surface area contributed by atoms with Gasteiger partial charge in [0.2, 0.25) is 0 Å². The molecule has 1 fully saturated rings. The molecule has 1 aliphatic carbocycles. The topological polar surface area (TPSA) is 12.9 Å². The van der Waals surface area contributed by atoms with Gasteiger partial charge in [0.1, 0.15) is 0 Å². The predicted octanol–water partition coefficient (Wildman–Crippen LogP) is 7.26. The van der Waals surface area contributed by atoms with Crippen molar-refractivity contribution >= 4 is 7.85 Å². The van der Waals surface area contributed by atoms with Gasteiger partial charge >= 0.3 is 0 Å². The van der Waals surface area contributed by atoms with Crippen molar-refractivity contribution in [2.75, 3.05) is 0 Å². The summed E-state index contributed by atoms with van der Waals surface area (Å²) in [6.45, 7) is 11.8. The third-order valence-electron chi connectivity index (χ3n) is 8.53. The number of pyridine rings is 1. The second kappa shape index (κ2) is 7.41. The first kappa shape index (κ1) is 20.9. The Balaban J connectivity index is 1.60. The van der Waals surface area contributed by atoms with Crippen molar-refractivity contribution in [3.8, 4) is 22.4 Å². The molecule has 0 saturated heterocycles. The van der Waals surface area contributed by atoms with Crippen LogP contribution in [0.15, 0.2) is 72.9 Å². The first-order chi connectivity index (χ1) is 14.2. The molecule has 152 valence electrons. The maximum absolute atomic E-state index is 7.08. The smallest absolute Gasteiger partial charge is 0.0814 e. The summed E-state index contributed by atoms with van der Waals surface area (Å²) in [5.41, 5.74) is 5.90. The van der Waals surface area contributed by atoms with Crippen LogP contribution in [0.5, 0.6) is 0 Å². The van der Waals surface area contributed by atoms with E-state index in [0.29, 0.717) is 5.92 Å². The lowest BCUT2D eigenvalue weighted by Gasteiger charge is -2.53. The highest BCUT2D eigenvalue weighted by molar-refractivity contribution is 6.16. The highest BCUT2D eigenvalue weighted by Crippen LogP contribution is 2.63. The van der Waals surface area contributed by atoms with Crippen LogP contribution < -0.4 is 0 Å². The van der Waals surface area contributed by atoms with E-state index in [1.54, 1.807) is 0 Å². The molecule has 0 bridgehead atoms. The van der Waals surface area contributed by atoms with Crippen LogP contribution in [0.4, 0.5) is 0 Å². The van der Waals surface area contributed by atoms with E-state index in [1.807, 2.05) is 24.4 Å². The number of hydrogen-bond acceptors (Lipinski definition) is 1. The van der Waals surface area contributed by atoms with Crippen molar-refractivity contribution in [2.45, 2.75) is 52.8 Å². The second-order valence-electron chi connectivity index (χ2n) is 10.1. The van der Waals surface area contributed by atoms with E-state index in [9.17, 15) is 0 Å². The summed E-state index contributed by atoms with van der Waals surface area (Å²) >= 11 is 0. The van der Waals surface area contributed by atoms with E-state index in [-0.39, 0.29) is 16.1 Å². The lowest BCUT2D eigenvalue weighted by atomic mass is 9.44. The highest BCUT2D eigenvalue weighted by atomic mass is 14.7. The lowest BCUT2D eigenvalue weighted by molar-refractivity contribution is 0.0519. The van der Waals surface area contributed by atoms with Gasteiger partial charge in [-0.3, -0.25) is 4.98 Å². The zero-order valence-electron chi connectivity index (χ0n) is 18.9. The largest absolute Gasteiger partial charge is 0.256 e. The zero-order valence-corrected chi connectivity index (χ0v) is 18.9. The zero-order chi connectivity index (χ0) is 21.6. The summed E-state index contributed by atoms with van der Waals surface area (Å²) < 4.78 is 0. The van der Waals surface area contributed by atoms with Crippen molar-refractivity contribution in [3.63, 3.8) is 0 Å². The van der Waals surface area contributed by atoms with Gasteiger partial charge in [0, 0.05) is 17.3 Å². The molecule has 2 aromatic carbocycles. The Hall–Kier alpha value is -2.35. The summed E-state index contributed by atoms with van der Waals surface area (Å²) in [6.07, 6.45) is 4.37. The van der Waals surface area contributed by atoms with Gasteiger partial charge in [0.25, 0.3) is 0 Å². The minimum Gasteiger partial charge on any atom is -0.256 e. The van der Waals surface area contributed by atoms with Gasteiger partial charge in [-0.1, -0.05) is 101 Å². The van der Waals surface area contributed by atoms with Crippen LogP contribution in [0.3, 0.4) is 0 Å². The van der Waals surface area contributed by atoms with Crippen LogP contribution >= 0.6 is 0 Å². The molecule has 1 aromatic heterocycles. The van der Waals surface area contributed by atoms with E-state index >= 15 is 0 Å². The molecule has 4 rings (SSSR count). The molecule has 3 unspecified atom stereocenters. The first-order valence-corrected chi connectivity index (χ1v) is 11.1. The SMILES string of the molecule is [B]C(C)(c1ccc(-c2ccc(-c3ccccc3)nc2)cc1)C1(C)CCC(C)C1(C)C. The van der Waals surface area contributed by atoms with E-state index in [1.165, 1.54) is 24.0 Å². The monoisotopic (exact) mass is 393 g/mol. The maximum atomic E-state index is 7.08. The van der Waals surface area contributed by atoms with Crippen LogP contribution in [0.25, 0.3) is 22.4 Å². The van der Waals surface area contributed by atoms with Gasteiger partial charge in [-0.2, -0.15) is 0 Å². The van der Waals surface area contributed by atoms with Gasteiger partial charge in [-0.25, -0.2) is 0 Å². The Morgan fingerprint density at radius 2 is 1.50 bits per heavy atom. The number of benzene rings is 2. The molecule has 0 aliphatic heterocycles. The van der Waals surface area contributed by atoms with Gasteiger partial charge in [0.05, 0.1) is 13.5 Å². The fourth-order valence-corrected chi connectivity index (χ4v) is 5.33. The van der Waals surface area contributed by atoms with Gasteiger partial charge in [0.15, 0.2) is 0 Å². The Labute approximate surface area is 183 Å². The Morgan fingerprint density at radius 3 is 2.03 bits per heavy atom. The fourth-order valence-electron chi connectivity index (χ4n) is 5.33. The minimum absolute atomic E-state index is 0.0554. The van der Waals surface area contributed by atoms with Crippen molar-refractivity contribution in [3.05, 3.63) is 78.5 Å². The molecule has 3 atom stereocenters. The third kappa shape index (κ3) is 3.21. The first-order valence-electron chi connectivity index (χ1n) is 11.1. The average Bonchev–Trinajstić information content (AvgIpc) is 2.98. The highest BCUT2D eigenvalue weighted by Gasteiger charge is 2.56. The minimum atomic E-state index is -0.380. The van der Waals surface area contributed by atoms with Crippen LogP contribution in [-0.2, 0) is 5.31 Å². The summed E-state index contributed by atoms with van der Waals surface area (Å²) in [6, 6.07) is 23.3. The van der Waals surface area contributed by atoms with Crippen LogP contribution in [-0.4, -0.2) is 12.8 Å². The van der Waals surface area contributed by atoms with Crippen LogP contribution in [0.2, 0.25) is 0 Å². The van der Waals surface area contributed by atoms with Gasteiger partial charge in [-0.15, -0.1) is 0 Å². The van der Waals surface area contributed by atoms with E-state index in [2.05, 4.69) is 88.1 Å². The molecule has 1 aliphatic rings. The summed E-state index contributed by atoms with van der Waals surface area (Å²) in [7, 11) is 7.08. The number of nitrogens with zero attached hydrogens (tertiary/aromatic N) is 1. The molecule has 0 spiro atoms. The van der Waals surface area contributed by atoms with E-state index in [0.717, 1.165) is 16.8 Å². The quantitative estimate of drug-likeness (QED) is 0.425. The van der Waals surface area contributed by atoms with Crippen molar-refractivity contribution < 1.29 is 0 Å². The summed E-state index contributed by atoms with van der Waals surface area (Å²) in [5, 5.41) is -0.380. The molecular formula is C28H32BN. The Morgan fingerprint density at radius 1 is 0.867 bits per heavy atom. The molecule has 3 aromatic rings. The third-order valence-corrected chi connectivity index (χ3v) is 8.53. The van der Waals surface area contributed by atoms with Crippen molar-refractivity contribution in [1.29, 1.82) is 0 Å². The van der Waals surface area contributed by atoms with E-state index < -0.39 is 0 Å². The molecule has 0 N–H and O–H groups in total. The molecule has 2 heteroatoms. The van der Waals surface area contributed by atoms with Crippen LogP contribution in [0, 0.1) is 16.7 Å². The number of aromatic nitrogens is 1. The molecule has 1 nitrogen and oxygen atoms in total. The maximum Gasteiger partial charge on any atom is 0.0814 e. The summed E-state index contributed by atoms with van der Waals surface area (Å²) in [4.78, 5) is 4.67. The number of hydrogen-bond donors (Lipinski definition) is 0. The lowest BCUT2D eigenvalue weighted by Crippen LogP contribution is -2.49. The Kier molecular flexibility index (Phi) is 5.17. The van der Waals surface area contributed by atoms with Gasteiger partial charge < -0.3 is 0 Å². The van der Waals surface area contributed by atoms with Crippen molar-refractivity contribution in [1.82, 2.24) is 4.98 Å². The summed E-state index contributed by atoms with van der Waals surface area (Å²) in [5.74, 6) is 0.679. The standard InChI is InChI=1S/C28H32BN/c1-20-17-18-27(4,26(20,2)3)28(5,29)24-14-11-21(12-15-24)23-13-16-25(30-19-23)22-9-7-6-8-10-22/h6-16,19-20H,17-18H2,1-5H3. The Bertz CT molecular complexity index is 1000. The molecule has 2 radical (unpaired) electrons. The normalized spacial score (nSPS) is 25.0.